The fraction of sp³-hybridized carbons (Fsp3) is 0.154. The molecule has 0 aliphatic rings. The van der Waals surface area contributed by atoms with E-state index < -0.39 is 0 Å². The van der Waals surface area contributed by atoms with Crippen LogP contribution in [0.25, 0.3) is 0 Å². The molecule has 1 heterocycles. The molecule has 0 bridgehead atoms. The molecule has 94 valence electrons. The number of nitrogens with two attached hydrogens (primary N) is 1. The second-order valence-electron chi connectivity index (χ2n) is 3.86. The van der Waals surface area contributed by atoms with Gasteiger partial charge >= 0.3 is 0 Å². The maximum Gasteiger partial charge on any atom is 0.166 e. The van der Waals surface area contributed by atoms with Gasteiger partial charge in [-0.3, -0.25) is 0 Å². The number of aromatic nitrogens is 1. The largest absolute Gasteiger partial charge is 0.485 e. The smallest absolute Gasteiger partial charge is 0.166 e. The van der Waals surface area contributed by atoms with Crippen molar-refractivity contribution in [3.05, 3.63) is 51.9 Å². The molecule has 3 nitrogen and oxygen atoms in total. The summed E-state index contributed by atoms with van der Waals surface area (Å²) >= 11 is 3.20. The minimum Gasteiger partial charge on any atom is -0.485 e. The SMILES string of the molecule is Cc1ccc(OCc2ccc(Br)cc2F)c(N)n1. The first-order chi connectivity index (χ1) is 8.56. The number of halogens is 2. The van der Waals surface area contributed by atoms with Crippen molar-refractivity contribution in [3.8, 4) is 5.75 Å². The highest BCUT2D eigenvalue weighted by molar-refractivity contribution is 9.10. The molecule has 0 saturated carbocycles. The summed E-state index contributed by atoms with van der Waals surface area (Å²) in [6, 6.07) is 8.35. The Hall–Kier alpha value is -1.62. The first-order valence-corrected chi connectivity index (χ1v) is 6.15. The number of nitrogens with zero attached hydrogens (tertiary/aromatic N) is 1. The van der Waals surface area contributed by atoms with Crippen molar-refractivity contribution in [3.63, 3.8) is 0 Å². The third-order valence-electron chi connectivity index (χ3n) is 2.42. The predicted molar refractivity (Wildman–Crippen MR) is 71.8 cm³/mol. The van der Waals surface area contributed by atoms with Gasteiger partial charge in [0.05, 0.1) is 0 Å². The van der Waals surface area contributed by atoms with Crippen LogP contribution in [0.15, 0.2) is 34.8 Å². The maximum absolute atomic E-state index is 13.6. The van der Waals surface area contributed by atoms with Gasteiger partial charge in [0, 0.05) is 15.7 Å². The number of ether oxygens (including phenoxy) is 1. The summed E-state index contributed by atoms with van der Waals surface area (Å²) < 4.78 is 19.7. The summed E-state index contributed by atoms with van der Waals surface area (Å²) in [5, 5.41) is 0. The minimum atomic E-state index is -0.317. The summed E-state index contributed by atoms with van der Waals surface area (Å²) in [6.45, 7) is 1.96. The molecule has 18 heavy (non-hydrogen) atoms. The van der Waals surface area contributed by atoms with Crippen LogP contribution in [0.1, 0.15) is 11.3 Å². The molecule has 0 spiro atoms. The monoisotopic (exact) mass is 310 g/mol. The van der Waals surface area contributed by atoms with Gasteiger partial charge in [0.25, 0.3) is 0 Å². The number of aryl methyl sites for hydroxylation is 1. The third-order valence-corrected chi connectivity index (χ3v) is 2.92. The van der Waals surface area contributed by atoms with Crippen LogP contribution < -0.4 is 10.5 Å². The van der Waals surface area contributed by atoms with E-state index in [1.54, 1.807) is 24.3 Å². The number of anilines is 1. The van der Waals surface area contributed by atoms with Crippen molar-refractivity contribution < 1.29 is 9.13 Å². The molecule has 1 aromatic carbocycles. The zero-order chi connectivity index (χ0) is 13.1. The van der Waals surface area contributed by atoms with Crippen LogP contribution in [0.5, 0.6) is 5.75 Å². The Morgan fingerprint density at radius 1 is 1.33 bits per heavy atom. The lowest BCUT2D eigenvalue weighted by atomic mass is 10.2. The third kappa shape index (κ3) is 2.98. The molecular weight excluding hydrogens is 299 g/mol. The molecule has 2 aromatic rings. The summed E-state index contributed by atoms with van der Waals surface area (Å²) in [6.07, 6.45) is 0. The predicted octanol–water partition coefficient (Wildman–Crippen LogP) is 3.45. The van der Waals surface area contributed by atoms with Crippen molar-refractivity contribution in [1.82, 2.24) is 4.98 Å². The van der Waals surface area contributed by atoms with E-state index in [4.69, 9.17) is 10.5 Å². The van der Waals surface area contributed by atoms with E-state index in [-0.39, 0.29) is 12.4 Å². The molecule has 0 unspecified atom stereocenters. The lowest BCUT2D eigenvalue weighted by molar-refractivity contribution is 0.300. The Kier molecular flexibility index (Phi) is 3.81. The van der Waals surface area contributed by atoms with Gasteiger partial charge in [-0.15, -0.1) is 0 Å². The molecular formula is C13H12BrFN2O. The van der Waals surface area contributed by atoms with Gasteiger partial charge in [-0.2, -0.15) is 0 Å². The highest BCUT2D eigenvalue weighted by atomic mass is 79.9. The van der Waals surface area contributed by atoms with Crippen molar-refractivity contribution in [2.24, 2.45) is 0 Å². The Morgan fingerprint density at radius 3 is 2.78 bits per heavy atom. The van der Waals surface area contributed by atoms with Crippen LogP contribution >= 0.6 is 15.9 Å². The fourth-order valence-corrected chi connectivity index (χ4v) is 1.81. The molecule has 0 aliphatic carbocycles. The number of pyridine rings is 1. The Morgan fingerprint density at radius 2 is 2.11 bits per heavy atom. The summed E-state index contributed by atoms with van der Waals surface area (Å²) in [7, 11) is 0. The quantitative estimate of drug-likeness (QED) is 0.944. The highest BCUT2D eigenvalue weighted by Crippen LogP contribution is 2.22. The van der Waals surface area contributed by atoms with E-state index in [0.29, 0.717) is 21.6 Å². The standard InChI is InChI=1S/C13H12BrFN2O/c1-8-2-5-12(13(16)17-8)18-7-9-3-4-10(14)6-11(9)15/h2-6H,7H2,1H3,(H2,16,17). The van der Waals surface area contributed by atoms with Crippen molar-refractivity contribution in [1.29, 1.82) is 0 Å². The average Bonchev–Trinajstić information content (AvgIpc) is 2.30. The maximum atomic E-state index is 13.6. The fourth-order valence-electron chi connectivity index (χ4n) is 1.48. The van der Waals surface area contributed by atoms with Gasteiger partial charge in [0.1, 0.15) is 12.4 Å². The second kappa shape index (κ2) is 5.35. The van der Waals surface area contributed by atoms with E-state index in [0.717, 1.165) is 5.69 Å². The molecule has 5 heteroatoms. The lowest BCUT2D eigenvalue weighted by Gasteiger charge is -2.09. The van der Waals surface area contributed by atoms with Gasteiger partial charge in [-0.25, -0.2) is 9.37 Å². The molecule has 1 aromatic heterocycles. The van der Waals surface area contributed by atoms with Crippen molar-refractivity contribution >= 4 is 21.7 Å². The zero-order valence-electron chi connectivity index (χ0n) is 9.78. The van der Waals surface area contributed by atoms with E-state index in [1.165, 1.54) is 6.07 Å². The first-order valence-electron chi connectivity index (χ1n) is 5.36. The van der Waals surface area contributed by atoms with Gasteiger partial charge < -0.3 is 10.5 Å². The number of hydrogen-bond donors (Lipinski definition) is 1. The Labute approximate surface area is 113 Å². The molecule has 2 rings (SSSR count). The van der Waals surface area contributed by atoms with Gasteiger partial charge in [0.2, 0.25) is 0 Å². The molecule has 2 N–H and O–H groups in total. The van der Waals surface area contributed by atoms with Crippen LogP contribution in [-0.4, -0.2) is 4.98 Å². The van der Waals surface area contributed by atoms with Crippen molar-refractivity contribution in [2.45, 2.75) is 13.5 Å². The van der Waals surface area contributed by atoms with Crippen LogP contribution in [0, 0.1) is 12.7 Å². The molecule has 0 atom stereocenters. The Balaban J connectivity index is 2.11. The van der Waals surface area contributed by atoms with Gasteiger partial charge in [-0.05, 0) is 31.2 Å². The minimum absolute atomic E-state index is 0.119. The summed E-state index contributed by atoms with van der Waals surface area (Å²) in [5.41, 5.74) is 7.00. The molecule has 0 fully saturated rings. The van der Waals surface area contributed by atoms with E-state index >= 15 is 0 Å². The molecule has 0 saturated heterocycles. The van der Waals surface area contributed by atoms with Crippen LogP contribution in [0.4, 0.5) is 10.2 Å². The summed E-state index contributed by atoms with van der Waals surface area (Å²) in [4.78, 5) is 4.07. The van der Waals surface area contributed by atoms with Crippen molar-refractivity contribution in [2.75, 3.05) is 5.73 Å². The zero-order valence-corrected chi connectivity index (χ0v) is 11.4. The van der Waals surface area contributed by atoms with Crippen LogP contribution in [0.2, 0.25) is 0 Å². The van der Waals surface area contributed by atoms with Crippen LogP contribution in [-0.2, 0) is 6.61 Å². The normalized spacial score (nSPS) is 10.4. The highest BCUT2D eigenvalue weighted by Gasteiger charge is 2.06. The van der Waals surface area contributed by atoms with E-state index in [1.807, 2.05) is 6.92 Å². The number of hydrogen-bond acceptors (Lipinski definition) is 3. The van der Waals surface area contributed by atoms with Crippen LogP contribution in [0.3, 0.4) is 0 Å². The number of rotatable bonds is 3. The summed E-state index contributed by atoms with van der Waals surface area (Å²) in [5.74, 6) is 0.457. The molecule has 0 aliphatic heterocycles. The van der Waals surface area contributed by atoms with Gasteiger partial charge in [0.15, 0.2) is 11.6 Å². The number of benzene rings is 1. The molecule has 0 amide bonds. The first kappa shape index (κ1) is 12.8. The molecule has 0 radical (unpaired) electrons. The number of nitrogen functional groups attached to an aromatic ring is 1. The average molecular weight is 311 g/mol. The Bertz CT molecular complexity index is 523. The van der Waals surface area contributed by atoms with E-state index in [9.17, 15) is 4.39 Å². The second-order valence-corrected chi connectivity index (χ2v) is 4.78. The van der Waals surface area contributed by atoms with E-state index in [2.05, 4.69) is 20.9 Å². The lowest BCUT2D eigenvalue weighted by Crippen LogP contribution is -2.02. The topological polar surface area (TPSA) is 48.1 Å². The van der Waals surface area contributed by atoms with Gasteiger partial charge in [-0.1, -0.05) is 22.0 Å².